The van der Waals surface area contributed by atoms with Crippen molar-refractivity contribution < 1.29 is 9.59 Å². The SMILES string of the molecule is O=C(c1ccc2[nH]ncc2c1)N1CCCC(C(=O)N2CCC(c3nc(-c4ccccc4)n[nH]3)CC2)C1. The van der Waals surface area contributed by atoms with Crippen LogP contribution < -0.4 is 0 Å². The molecule has 2 amide bonds. The smallest absolute Gasteiger partial charge is 0.253 e. The number of rotatable bonds is 4. The number of hydrogen-bond donors (Lipinski definition) is 2. The van der Waals surface area contributed by atoms with Gasteiger partial charge in [-0.25, -0.2) is 4.98 Å². The van der Waals surface area contributed by atoms with E-state index in [0.717, 1.165) is 48.0 Å². The van der Waals surface area contributed by atoms with E-state index in [1.54, 1.807) is 6.20 Å². The molecule has 0 bridgehead atoms. The zero-order valence-electron chi connectivity index (χ0n) is 20.1. The van der Waals surface area contributed by atoms with Gasteiger partial charge in [-0.05, 0) is 43.9 Å². The summed E-state index contributed by atoms with van der Waals surface area (Å²) in [4.78, 5) is 35.1. The number of carbonyl (C=O) groups excluding carboxylic acids is 2. The molecule has 2 N–H and O–H groups in total. The maximum atomic E-state index is 13.4. The van der Waals surface area contributed by atoms with Gasteiger partial charge in [-0.2, -0.15) is 10.2 Å². The fourth-order valence-corrected chi connectivity index (χ4v) is 5.43. The van der Waals surface area contributed by atoms with Crippen molar-refractivity contribution in [1.82, 2.24) is 35.2 Å². The van der Waals surface area contributed by atoms with E-state index < -0.39 is 0 Å². The minimum Gasteiger partial charge on any atom is -0.342 e. The van der Waals surface area contributed by atoms with Gasteiger partial charge in [-0.1, -0.05) is 30.3 Å². The summed E-state index contributed by atoms with van der Waals surface area (Å²) in [6.07, 6.45) is 5.10. The van der Waals surface area contributed by atoms with Crippen LogP contribution in [0.4, 0.5) is 0 Å². The number of fused-ring (bicyclic) bond motifs is 1. The Hall–Kier alpha value is -4.01. The quantitative estimate of drug-likeness (QED) is 0.461. The summed E-state index contributed by atoms with van der Waals surface area (Å²) < 4.78 is 0. The Kier molecular flexibility index (Phi) is 5.96. The highest BCUT2D eigenvalue weighted by Gasteiger charge is 2.34. The van der Waals surface area contributed by atoms with Crippen molar-refractivity contribution in [2.75, 3.05) is 26.2 Å². The van der Waals surface area contributed by atoms with Crippen LogP contribution in [0.5, 0.6) is 0 Å². The molecule has 0 saturated carbocycles. The highest BCUT2D eigenvalue weighted by Crippen LogP contribution is 2.29. The highest BCUT2D eigenvalue weighted by molar-refractivity contribution is 5.98. The Morgan fingerprint density at radius 1 is 0.917 bits per heavy atom. The summed E-state index contributed by atoms with van der Waals surface area (Å²) in [6.45, 7) is 2.56. The maximum absolute atomic E-state index is 13.4. The number of H-pyrrole nitrogens is 2. The van der Waals surface area contributed by atoms with E-state index in [-0.39, 0.29) is 23.7 Å². The van der Waals surface area contributed by atoms with Crippen molar-refractivity contribution >= 4 is 22.7 Å². The Morgan fingerprint density at radius 3 is 2.58 bits per heavy atom. The largest absolute Gasteiger partial charge is 0.342 e. The average molecular weight is 484 g/mol. The van der Waals surface area contributed by atoms with Gasteiger partial charge in [0.15, 0.2) is 5.82 Å². The molecule has 4 aromatic rings. The first-order valence-corrected chi connectivity index (χ1v) is 12.6. The summed E-state index contributed by atoms with van der Waals surface area (Å²) in [5.41, 5.74) is 2.54. The van der Waals surface area contributed by atoms with E-state index in [1.807, 2.05) is 58.3 Å². The molecule has 2 aliphatic rings. The van der Waals surface area contributed by atoms with Crippen molar-refractivity contribution in [1.29, 1.82) is 0 Å². The number of amides is 2. The monoisotopic (exact) mass is 483 g/mol. The van der Waals surface area contributed by atoms with E-state index in [0.29, 0.717) is 37.6 Å². The van der Waals surface area contributed by atoms with Crippen LogP contribution in [-0.2, 0) is 4.79 Å². The van der Waals surface area contributed by atoms with Gasteiger partial charge in [0.25, 0.3) is 5.91 Å². The molecule has 2 fully saturated rings. The van der Waals surface area contributed by atoms with Gasteiger partial charge in [0.2, 0.25) is 5.91 Å². The molecule has 36 heavy (non-hydrogen) atoms. The number of likely N-dealkylation sites (tertiary alicyclic amines) is 2. The number of nitrogens with zero attached hydrogens (tertiary/aromatic N) is 5. The van der Waals surface area contributed by atoms with Gasteiger partial charge < -0.3 is 9.80 Å². The minimum atomic E-state index is -0.146. The third-order valence-electron chi connectivity index (χ3n) is 7.47. The van der Waals surface area contributed by atoms with E-state index >= 15 is 0 Å². The second kappa shape index (κ2) is 9.56. The van der Waals surface area contributed by atoms with E-state index in [1.165, 1.54) is 0 Å². The van der Waals surface area contributed by atoms with E-state index in [9.17, 15) is 9.59 Å². The number of aromatic nitrogens is 5. The zero-order chi connectivity index (χ0) is 24.5. The molecular weight excluding hydrogens is 454 g/mol. The topological polar surface area (TPSA) is 111 Å². The van der Waals surface area contributed by atoms with E-state index in [4.69, 9.17) is 4.98 Å². The molecule has 184 valence electrons. The Labute approximate surface area is 208 Å². The Morgan fingerprint density at radius 2 is 1.75 bits per heavy atom. The molecule has 2 saturated heterocycles. The lowest BCUT2D eigenvalue weighted by Gasteiger charge is -2.37. The lowest BCUT2D eigenvalue weighted by Crippen LogP contribution is -2.48. The van der Waals surface area contributed by atoms with Crippen molar-refractivity contribution in [3.05, 3.63) is 66.1 Å². The fraction of sp³-hybridized carbons (Fsp3) is 0.370. The molecule has 9 nitrogen and oxygen atoms in total. The Balaban J connectivity index is 1.06. The first-order chi connectivity index (χ1) is 17.7. The third-order valence-corrected chi connectivity index (χ3v) is 7.47. The second-order valence-corrected chi connectivity index (χ2v) is 9.77. The van der Waals surface area contributed by atoms with E-state index in [2.05, 4.69) is 20.4 Å². The molecule has 2 aromatic carbocycles. The summed E-state index contributed by atoms with van der Waals surface area (Å²) in [5, 5.41) is 15.4. The second-order valence-electron chi connectivity index (χ2n) is 9.77. The van der Waals surface area contributed by atoms with Crippen molar-refractivity contribution in [2.24, 2.45) is 5.92 Å². The lowest BCUT2D eigenvalue weighted by atomic mass is 9.92. The number of nitrogens with one attached hydrogen (secondary N) is 2. The molecular formula is C27H29N7O2. The first kappa shape index (κ1) is 22.5. The van der Waals surface area contributed by atoms with Crippen LogP contribution in [0.15, 0.2) is 54.7 Å². The van der Waals surface area contributed by atoms with Gasteiger partial charge in [-0.3, -0.25) is 19.8 Å². The van der Waals surface area contributed by atoms with Gasteiger partial charge in [0.05, 0.1) is 17.6 Å². The number of piperidine rings is 2. The standard InChI is InChI=1S/C27H29N7O2/c35-26(20-8-9-23-22(15-20)16-28-30-23)34-12-4-7-21(17-34)27(36)33-13-10-19(11-14-33)25-29-24(31-32-25)18-5-2-1-3-6-18/h1-3,5-6,8-9,15-16,19,21H,4,7,10-14,17H2,(H,28,30)(H,29,31,32). The molecule has 0 aliphatic carbocycles. The van der Waals surface area contributed by atoms with Crippen molar-refractivity contribution in [3.63, 3.8) is 0 Å². The molecule has 4 heterocycles. The summed E-state index contributed by atoms with van der Waals surface area (Å²) >= 11 is 0. The molecule has 0 radical (unpaired) electrons. The third kappa shape index (κ3) is 4.36. The highest BCUT2D eigenvalue weighted by atomic mass is 16.2. The normalized spacial score (nSPS) is 19.1. The Bertz CT molecular complexity index is 1370. The van der Waals surface area contributed by atoms with Crippen LogP contribution in [0.1, 0.15) is 47.8 Å². The fourth-order valence-electron chi connectivity index (χ4n) is 5.43. The average Bonchev–Trinajstić information content (AvgIpc) is 3.63. The summed E-state index contributed by atoms with van der Waals surface area (Å²) in [6, 6.07) is 15.5. The molecule has 1 atom stereocenters. The van der Waals surface area contributed by atoms with Gasteiger partial charge >= 0.3 is 0 Å². The van der Waals surface area contributed by atoms with Crippen LogP contribution in [0.2, 0.25) is 0 Å². The van der Waals surface area contributed by atoms with Gasteiger partial charge in [0, 0.05) is 48.6 Å². The first-order valence-electron chi connectivity index (χ1n) is 12.6. The molecule has 0 spiro atoms. The lowest BCUT2D eigenvalue weighted by molar-refractivity contribution is -0.138. The number of carbonyl (C=O) groups is 2. The predicted molar refractivity (Wildman–Crippen MR) is 135 cm³/mol. The van der Waals surface area contributed by atoms with Crippen LogP contribution in [-0.4, -0.2) is 73.2 Å². The number of aromatic amines is 2. The minimum absolute atomic E-state index is 0.0196. The van der Waals surface area contributed by atoms with Crippen LogP contribution >= 0.6 is 0 Å². The molecule has 2 aliphatic heterocycles. The van der Waals surface area contributed by atoms with Crippen LogP contribution in [0.3, 0.4) is 0 Å². The summed E-state index contributed by atoms with van der Waals surface area (Å²) in [7, 11) is 0. The number of hydrogen-bond acceptors (Lipinski definition) is 5. The molecule has 1 unspecified atom stereocenters. The van der Waals surface area contributed by atoms with Gasteiger partial charge in [0.1, 0.15) is 5.82 Å². The molecule has 2 aromatic heterocycles. The number of benzene rings is 2. The zero-order valence-corrected chi connectivity index (χ0v) is 20.1. The van der Waals surface area contributed by atoms with Crippen LogP contribution in [0.25, 0.3) is 22.3 Å². The molecule has 9 heteroatoms. The molecule has 6 rings (SSSR count). The van der Waals surface area contributed by atoms with Gasteiger partial charge in [-0.15, -0.1) is 0 Å². The summed E-state index contributed by atoms with van der Waals surface area (Å²) in [5.74, 6) is 1.87. The maximum Gasteiger partial charge on any atom is 0.253 e. The van der Waals surface area contributed by atoms with Crippen molar-refractivity contribution in [2.45, 2.75) is 31.6 Å². The van der Waals surface area contributed by atoms with Crippen molar-refractivity contribution in [3.8, 4) is 11.4 Å². The predicted octanol–water partition coefficient (Wildman–Crippen LogP) is 3.61. The van der Waals surface area contributed by atoms with Crippen LogP contribution in [0, 0.1) is 5.92 Å².